The van der Waals surface area contributed by atoms with Crippen molar-refractivity contribution in [3.8, 4) is 0 Å². The van der Waals surface area contributed by atoms with Crippen LogP contribution in [0.2, 0.25) is 0 Å². The molecule has 2 heterocycles. The summed E-state index contributed by atoms with van der Waals surface area (Å²) in [4.78, 5) is 18.0. The van der Waals surface area contributed by atoms with Crippen molar-refractivity contribution in [3.63, 3.8) is 0 Å². The molecule has 0 radical (unpaired) electrons. The number of thiazole rings is 1. The Hall–Kier alpha value is -1.69. The number of fused-ring (bicyclic) bond motifs is 1. The summed E-state index contributed by atoms with van der Waals surface area (Å²) in [5, 5.41) is 7.82. The number of hydrogen-bond donors (Lipinski definition) is 1. The first-order valence-corrected chi connectivity index (χ1v) is 7.80. The molecule has 2 aromatic heterocycles. The van der Waals surface area contributed by atoms with Crippen LogP contribution < -0.4 is 5.32 Å². The summed E-state index contributed by atoms with van der Waals surface area (Å²) in [6, 6.07) is 1.99. The van der Waals surface area contributed by atoms with Gasteiger partial charge < -0.3 is 0 Å². The molecule has 2 aromatic rings. The van der Waals surface area contributed by atoms with Gasteiger partial charge in [0.05, 0.1) is 5.69 Å². The molecule has 1 N–H and O–H groups in total. The molecular formula is C14H18N4OS. The maximum atomic E-state index is 12.1. The van der Waals surface area contributed by atoms with E-state index in [4.69, 9.17) is 0 Å². The normalized spacial score (nSPS) is 14.3. The summed E-state index contributed by atoms with van der Waals surface area (Å²) in [5.41, 5.74) is 1.59. The highest BCUT2D eigenvalue weighted by Crippen LogP contribution is 2.29. The number of rotatable bonds is 3. The van der Waals surface area contributed by atoms with Gasteiger partial charge in [-0.25, -0.2) is 4.98 Å². The molecule has 106 valence electrons. The van der Waals surface area contributed by atoms with E-state index in [1.165, 1.54) is 17.7 Å². The Morgan fingerprint density at radius 3 is 2.90 bits per heavy atom. The number of hydrogen-bond acceptors (Lipinski definition) is 4. The molecule has 6 heteroatoms. The van der Waals surface area contributed by atoms with Crippen LogP contribution in [0.3, 0.4) is 0 Å². The first-order chi connectivity index (χ1) is 9.63. The lowest BCUT2D eigenvalue weighted by Crippen LogP contribution is -2.13. The molecule has 0 saturated heterocycles. The third-order valence-electron chi connectivity index (χ3n) is 3.44. The van der Waals surface area contributed by atoms with Gasteiger partial charge in [-0.1, -0.05) is 0 Å². The molecule has 1 aliphatic carbocycles. The number of carbonyl (C=O) groups is 1. The van der Waals surface area contributed by atoms with Crippen LogP contribution >= 0.6 is 11.3 Å². The lowest BCUT2D eigenvalue weighted by molar-refractivity contribution is 0.102. The van der Waals surface area contributed by atoms with Crippen molar-refractivity contribution in [3.05, 3.63) is 28.5 Å². The minimum Gasteiger partial charge on any atom is -0.296 e. The average Bonchev–Trinajstić information content (AvgIpc) is 3.04. The molecule has 0 unspecified atom stereocenters. The van der Waals surface area contributed by atoms with Gasteiger partial charge in [0.1, 0.15) is 0 Å². The van der Waals surface area contributed by atoms with E-state index >= 15 is 0 Å². The van der Waals surface area contributed by atoms with Crippen molar-refractivity contribution in [2.75, 3.05) is 5.32 Å². The van der Waals surface area contributed by atoms with Gasteiger partial charge in [0, 0.05) is 17.1 Å². The molecule has 3 rings (SSSR count). The van der Waals surface area contributed by atoms with Crippen molar-refractivity contribution < 1.29 is 4.79 Å². The van der Waals surface area contributed by atoms with Crippen LogP contribution in [0.25, 0.3) is 0 Å². The number of nitrogens with one attached hydrogen (secondary N) is 1. The van der Waals surface area contributed by atoms with Gasteiger partial charge in [0.15, 0.2) is 10.8 Å². The second-order valence-corrected chi connectivity index (χ2v) is 6.41. The smallest absolute Gasteiger partial charge is 0.277 e. The number of aryl methyl sites for hydroxylation is 2. The summed E-state index contributed by atoms with van der Waals surface area (Å²) < 4.78 is 1.78. The maximum absolute atomic E-state index is 12.1. The molecule has 0 atom stereocenters. The van der Waals surface area contributed by atoms with E-state index in [2.05, 4.69) is 15.4 Å². The zero-order valence-electron chi connectivity index (χ0n) is 11.7. The fourth-order valence-corrected chi connectivity index (χ4v) is 3.36. The summed E-state index contributed by atoms with van der Waals surface area (Å²) in [6.07, 6.45) is 6.37. The van der Waals surface area contributed by atoms with E-state index in [1.807, 2.05) is 20.0 Å². The van der Waals surface area contributed by atoms with Crippen molar-refractivity contribution in [2.24, 2.45) is 0 Å². The van der Waals surface area contributed by atoms with Gasteiger partial charge in [0.2, 0.25) is 0 Å². The van der Waals surface area contributed by atoms with Crippen LogP contribution in [0.4, 0.5) is 5.13 Å². The van der Waals surface area contributed by atoms with Crippen molar-refractivity contribution in [1.29, 1.82) is 0 Å². The van der Waals surface area contributed by atoms with Crippen LogP contribution in [0.15, 0.2) is 12.3 Å². The molecule has 1 amide bonds. The molecule has 5 nitrogen and oxygen atoms in total. The molecule has 0 aromatic carbocycles. The molecule has 0 fully saturated rings. The SMILES string of the molecule is CC(C)n1ccc(C(=O)Nc2nc3c(s2)CCCC3)n1. The van der Waals surface area contributed by atoms with Gasteiger partial charge in [-0.15, -0.1) is 11.3 Å². The van der Waals surface area contributed by atoms with Crippen molar-refractivity contribution in [1.82, 2.24) is 14.8 Å². The highest BCUT2D eigenvalue weighted by atomic mass is 32.1. The molecule has 0 bridgehead atoms. The average molecular weight is 290 g/mol. The van der Waals surface area contributed by atoms with E-state index in [-0.39, 0.29) is 11.9 Å². The second-order valence-electron chi connectivity index (χ2n) is 5.32. The Morgan fingerprint density at radius 2 is 2.20 bits per heavy atom. The number of nitrogens with zero attached hydrogens (tertiary/aromatic N) is 3. The Morgan fingerprint density at radius 1 is 1.40 bits per heavy atom. The van der Waals surface area contributed by atoms with Crippen LogP contribution in [-0.4, -0.2) is 20.7 Å². The Kier molecular flexibility index (Phi) is 3.56. The Labute approximate surface area is 122 Å². The zero-order chi connectivity index (χ0) is 14.1. The van der Waals surface area contributed by atoms with Gasteiger partial charge in [-0.2, -0.15) is 5.10 Å². The third-order valence-corrected chi connectivity index (χ3v) is 4.51. The molecular weight excluding hydrogens is 272 g/mol. The van der Waals surface area contributed by atoms with Crippen molar-refractivity contribution in [2.45, 2.75) is 45.6 Å². The predicted octanol–water partition coefficient (Wildman–Crippen LogP) is 3.05. The lowest BCUT2D eigenvalue weighted by Gasteiger charge is -2.06. The van der Waals surface area contributed by atoms with E-state index in [9.17, 15) is 4.79 Å². The van der Waals surface area contributed by atoms with Gasteiger partial charge >= 0.3 is 0 Å². The number of carbonyl (C=O) groups excluding carboxylic acids is 1. The van der Waals surface area contributed by atoms with Crippen LogP contribution in [0.5, 0.6) is 0 Å². The lowest BCUT2D eigenvalue weighted by atomic mass is 10.0. The largest absolute Gasteiger partial charge is 0.296 e. The highest BCUT2D eigenvalue weighted by molar-refractivity contribution is 7.15. The summed E-state index contributed by atoms with van der Waals surface area (Å²) in [6.45, 7) is 4.06. The molecule has 1 aliphatic rings. The monoisotopic (exact) mass is 290 g/mol. The molecule has 20 heavy (non-hydrogen) atoms. The maximum Gasteiger partial charge on any atom is 0.277 e. The Balaban J connectivity index is 1.73. The van der Waals surface area contributed by atoms with Crippen LogP contribution in [-0.2, 0) is 12.8 Å². The second kappa shape index (κ2) is 5.36. The summed E-state index contributed by atoms with van der Waals surface area (Å²) in [7, 11) is 0. The van der Waals surface area contributed by atoms with Gasteiger partial charge in [-0.3, -0.25) is 14.8 Å². The number of aromatic nitrogens is 3. The first kappa shape index (κ1) is 13.3. The minimum absolute atomic E-state index is 0.185. The number of amides is 1. The zero-order valence-corrected chi connectivity index (χ0v) is 12.5. The summed E-state index contributed by atoms with van der Waals surface area (Å²) in [5.74, 6) is -0.185. The quantitative estimate of drug-likeness (QED) is 0.945. The Bertz CT molecular complexity index is 605. The van der Waals surface area contributed by atoms with E-state index < -0.39 is 0 Å². The van der Waals surface area contributed by atoms with Gasteiger partial charge in [-0.05, 0) is 45.6 Å². The van der Waals surface area contributed by atoms with Crippen LogP contribution in [0.1, 0.15) is 53.8 Å². The standard InChI is InChI=1S/C14H18N4OS/c1-9(2)18-8-7-11(17-18)13(19)16-14-15-10-5-3-4-6-12(10)20-14/h7-9H,3-6H2,1-2H3,(H,15,16,19). The molecule has 0 aliphatic heterocycles. The van der Waals surface area contributed by atoms with Gasteiger partial charge in [0.25, 0.3) is 5.91 Å². The van der Waals surface area contributed by atoms with E-state index in [0.717, 1.165) is 18.5 Å². The molecule has 0 saturated carbocycles. The fraction of sp³-hybridized carbons (Fsp3) is 0.500. The van der Waals surface area contributed by atoms with E-state index in [0.29, 0.717) is 10.8 Å². The topological polar surface area (TPSA) is 59.8 Å². The highest BCUT2D eigenvalue weighted by Gasteiger charge is 2.18. The fourth-order valence-electron chi connectivity index (χ4n) is 2.31. The van der Waals surface area contributed by atoms with Crippen LogP contribution in [0, 0.1) is 0 Å². The third kappa shape index (κ3) is 2.60. The molecule has 0 spiro atoms. The number of anilines is 1. The minimum atomic E-state index is -0.185. The summed E-state index contributed by atoms with van der Waals surface area (Å²) >= 11 is 1.59. The predicted molar refractivity (Wildman–Crippen MR) is 79.3 cm³/mol. The van der Waals surface area contributed by atoms with Crippen molar-refractivity contribution >= 4 is 22.4 Å². The first-order valence-electron chi connectivity index (χ1n) is 6.98. The van der Waals surface area contributed by atoms with E-state index in [1.54, 1.807) is 22.1 Å².